The number of anilines is 1. The first-order valence-corrected chi connectivity index (χ1v) is 12.1. The predicted molar refractivity (Wildman–Crippen MR) is 134 cm³/mol. The molecule has 2 heterocycles. The van der Waals surface area contributed by atoms with Crippen molar-refractivity contribution < 1.29 is 23.4 Å². The summed E-state index contributed by atoms with van der Waals surface area (Å²) in [6.07, 6.45) is 0. The van der Waals surface area contributed by atoms with Crippen molar-refractivity contribution in [2.24, 2.45) is 0 Å². The number of amidine groups is 1. The van der Waals surface area contributed by atoms with E-state index in [-0.39, 0.29) is 48.0 Å². The number of hydrogen-bond donors (Lipinski definition) is 1. The Hall–Kier alpha value is -3.29. The summed E-state index contributed by atoms with van der Waals surface area (Å²) in [6.45, 7) is 12.1. The van der Waals surface area contributed by atoms with Crippen LogP contribution in [0.5, 0.6) is 17.2 Å². The third-order valence-electron chi connectivity index (χ3n) is 6.39. The molecule has 8 heteroatoms. The van der Waals surface area contributed by atoms with E-state index in [0.717, 1.165) is 23.5 Å². The van der Waals surface area contributed by atoms with Gasteiger partial charge in [0, 0.05) is 24.7 Å². The van der Waals surface area contributed by atoms with Crippen molar-refractivity contribution in [2.75, 3.05) is 44.9 Å². The van der Waals surface area contributed by atoms with Gasteiger partial charge in [-0.05, 0) is 43.0 Å². The standard InChI is InChI=1S/C27H34FN3O4/c1-7-33-21-13-17-14-31(26(29)22(17)23(28)25(21)34-8-2)15-20(32)16-11-18(27(3,4)5)24-19(12-16)30(6)9-10-35-24/h11-13,29H,7-10,14-15H2,1-6H3. The topological polar surface area (TPSA) is 75.1 Å². The molecule has 2 aromatic carbocycles. The van der Waals surface area contributed by atoms with Gasteiger partial charge in [-0.15, -0.1) is 0 Å². The number of rotatable bonds is 7. The first kappa shape index (κ1) is 24.8. The lowest BCUT2D eigenvalue weighted by Crippen LogP contribution is -2.33. The quantitative estimate of drug-likeness (QED) is 0.572. The Morgan fingerprint density at radius 3 is 2.54 bits per heavy atom. The van der Waals surface area contributed by atoms with Gasteiger partial charge >= 0.3 is 0 Å². The maximum Gasteiger partial charge on any atom is 0.197 e. The Morgan fingerprint density at radius 1 is 1.17 bits per heavy atom. The van der Waals surface area contributed by atoms with Crippen LogP contribution in [0.1, 0.15) is 61.7 Å². The summed E-state index contributed by atoms with van der Waals surface area (Å²) in [5.74, 6) is 0.376. The van der Waals surface area contributed by atoms with Gasteiger partial charge in [0.2, 0.25) is 0 Å². The summed E-state index contributed by atoms with van der Waals surface area (Å²) < 4.78 is 32.4. The van der Waals surface area contributed by atoms with Crippen molar-refractivity contribution in [3.8, 4) is 17.2 Å². The zero-order valence-corrected chi connectivity index (χ0v) is 21.4. The van der Waals surface area contributed by atoms with Crippen LogP contribution in [0.2, 0.25) is 0 Å². The molecular weight excluding hydrogens is 449 g/mol. The molecule has 35 heavy (non-hydrogen) atoms. The summed E-state index contributed by atoms with van der Waals surface area (Å²) >= 11 is 0. The number of nitrogens with one attached hydrogen (secondary N) is 1. The van der Waals surface area contributed by atoms with Crippen molar-refractivity contribution in [3.63, 3.8) is 0 Å². The molecule has 0 radical (unpaired) electrons. The van der Waals surface area contributed by atoms with Gasteiger partial charge in [0.25, 0.3) is 0 Å². The van der Waals surface area contributed by atoms with E-state index in [1.807, 2.05) is 26.1 Å². The van der Waals surface area contributed by atoms with E-state index in [9.17, 15) is 4.79 Å². The fraction of sp³-hybridized carbons (Fsp3) is 0.481. The fourth-order valence-electron chi connectivity index (χ4n) is 4.60. The smallest absolute Gasteiger partial charge is 0.197 e. The van der Waals surface area contributed by atoms with Crippen LogP contribution in [0.15, 0.2) is 18.2 Å². The third kappa shape index (κ3) is 4.54. The lowest BCUT2D eigenvalue weighted by Gasteiger charge is -2.33. The number of ketones is 1. The van der Waals surface area contributed by atoms with Crippen LogP contribution in [-0.4, -0.2) is 56.5 Å². The van der Waals surface area contributed by atoms with Crippen molar-refractivity contribution in [1.29, 1.82) is 5.41 Å². The van der Waals surface area contributed by atoms with Gasteiger partial charge < -0.3 is 24.0 Å². The maximum atomic E-state index is 15.4. The summed E-state index contributed by atoms with van der Waals surface area (Å²) in [4.78, 5) is 17.1. The van der Waals surface area contributed by atoms with Crippen molar-refractivity contribution in [3.05, 3.63) is 46.3 Å². The molecule has 2 aromatic rings. The van der Waals surface area contributed by atoms with Crippen LogP contribution in [0.3, 0.4) is 0 Å². The molecule has 188 valence electrons. The molecule has 0 spiro atoms. The van der Waals surface area contributed by atoms with Gasteiger partial charge in [-0.1, -0.05) is 20.8 Å². The average molecular weight is 484 g/mol. The Labute approximate surface area is 206 Å². The number of hydrogen-bond acceptors (Lipinski definition) is 6. The molecule has 4 rings (SSSR count). The first-order valence-electron chi connectivity index (χ1n) is 12.1. The van der Waals surface area contributed by atoms with Crippen molar-refractivity contribution in [1.82, 2.24) is 4.90 Å². The molecule has 0 amide bonds. The number of nitrogens with zero attached hydrogens (tertiary/aromatic N) is 2. The first-order chi connectivity index (χ1) is 16.6. The zero-order chi connectivity index (χ0) is 25.5. The number of fused-ring (bicyclic) bond motifs is 2. The average Bonchev–Trinajstić information content (AvgIpc) is 3.10. The van der Waals surface area contributed by atoms with Crippen molar-refractivity contribution >= 4 is 17.3 Å². The maximum absolute atomic E-state index is 15.4. The highest BCUT2D eigenvalue weighted by atomic mass is 19.1. The molecule has 0 atom stereocenters. The van der Waals surface area contributed by atoms with Crippen LogP contribution in [0, 0.1) is 11.2 Å². The highest BCUT2D eigenvalue weighted by molar-refractivity contribution is 6.06. The predicted octanol–water partition coefficient (Wildman–Crippen LogP) is 4.77. The van der Waals surface area contributed by atoms with Crippen LogP contribution in [0.4, 0.5) is 10.1 Å². The number of benzene rings is 2. The van der Waals surface area contributed by atoms with E-state index in [2.05, 4.69) is 25.7 Å². The zero-order valence-electron chi connectivity index (χ0n) is 21.4. The third-order valence-corrected chi connectivity index (χ3v) is 6.39. The van der Waals surface area contributed by atoms with E-state index >= 15 is 4.39 Å². The van der Waals surface area contributed by atoms with E-state index in [1.165, 1.54) is 0 Å². The fourth-order valence-corrected chi connectivity index (χ4v) is 4.60. The number of Topliss-reactive ketones (excluding diaryl/α,β-unsaturated/α-hetero) is 1. The van der Waals surface area contributed by atoms with Gasteiger partial charge in [-0.2, -0.15) is 0 Å². The van der Waals surface area contributed by atoms with E-state index in [4.69, 9.17) is 19.6 Å². The van der Waals surface area contributed by atoms with Crippen molar-refractivity contribution in [2.45, 2.75) is 46.6 Å². The van der Waals surface area contributed by atoms with Gasteiger partial charge in [0.1, 0.15) is 18.2 Å². The highest BCUT2D eigenvalue weighted by Gasteiger charge is 2.34. The lowest BCUT2D eigenvalue weighted by molar-refractivity contribution is 0.0962. The summed E-state index contributed by atoms with van der Waals surface area (Å²) in [5.41, 5.74) is 2.97. The van der Waals surface area contributed by atoms with Crippen LogP contribution in [-0.2, 0) is 12.0 Å². The minimum atomic E-state index is -0.615. The number of carbonyl (C=O) groups excluding carboxylic acids is 1. The molecule has 1 N–H and O–H groups in total. The molecular formula is C27H34FN3O4. The van der Waals surface area contributed by atoms with Crippen LogP contribution < -0.4 is 19.1 Å². The second kappa shape index (κ2) is 9.40. The molecule has 7 nitrogen and oxygen atoms in total. The van der Waals surface area contributed by atoms with E-state index < -0.39 is 5.82 Å². The largest absolute Gasteiger partial charge is 0.490 e. The summed E-state index contributed by atoms with van der Waals surface area (Å²) in [5, 5.41) is 8.62. The van der Waals surface area contributed by atoms with E-state index in [1.54, 1.807) is 17.9 Å². The molecule has 0 aliphatic carbocycles. The molecule has 0 fully saturated rings. The minimum absolute atomic E-state index is 0.0126. The lowest BCUT2D eigenvalue weighted by atomic mass is 9.84. The molecule has 2 aliphatic rings. The Morgan fingerprint density at radius 2 is 1.89 bits per heavy atom. The minimum Gasteiger partial charge on any atom is -0.490 e. The molecule has 2 aliphatic heterocycles. The number of ether oxygens (including phenoxy) is 3. The highest BCUT2D eigenvalue weighted by Crippen LogP contribution is 2.42. The normalized spacial score (nSPS) is 15.0. The second-order valence-corrected chi connectivity index (χ2v) is 9.94. The molecule has 0 bridgehead atoms. The van der Waals surface area contributed by atoms with Gasteiger partial charge in [-0.3, -0.25) is 10.2 Å². The summed E-state index contributed by atoms with van der Waals surface area (Å²) in [7, 11) is 1.99. The SMILES string of the molecule is CCOc1cc2c(c(F)c1OCC)C(=N)N(CC(=O)c1cc3c(c(C(C)(C)C)c1)OCCN3C)C2. The van der Waals surface area contributed by atoms with Crippen LogP contribution >= 0.6 is 0 Å². The van der Waals surface area contributed by atoms with Gasteiger partial charge in [-0.25, -0.2) is 4.39 Å². The molecule has 0 saturated heterocycles. The van der Waals surface area contributed by atoms with E-state index in [0.29, 0.717) is 30.1 Å². The molecule has 0 aromatic heterocycles. The second-order valence-electron chi connectivity index (χ2n) is 9.94. The summed E-state index contributed by atoms with van der Waals surface area (Å²) in [6, 6.07) is 5.48. The van der Waals surface area contributed by atoms with Gasteiger partial charge in [0.05, 0.1) is 37.6 Å². The Bertz CT molecular complexity index is 1170. The Balaban J connectivity index is 1.65. The monoisotopic (exact) mass is 483 g/mol. The van der Waals surface area contributed by atoms with Gasteiger partial charge in [0.15, 0.2) is 23.1 Å². The number of likely N-dealkylation sites (N-methyl/N-ethyl adjacent to an activating group) is 1. The molecule has 0 saturated carbocycles. The van der Waals surface area contributed by atoms with Crippen LogP contribution in [0.25, 0.3) is 0 Å². The number of carbonyl (C=O) groups is 1. The number of halogens is 1. The molecule has 0 unspecified atom stereocenters. The Kier molecular flexibility index (Phi) is 6.66.